The average Bonchev–Trinajstić information content (AvgIpc) is 2.73. The molecule has 1 fully saturated rings. The Bertz CT molecular complexity index is 1230. The van der Waals surface area contributed by atoms with Gasteiger partial charge >= 0.3 is 0 Å². The molecule has 4 atom stereocenters. The van der Waals surface area contributed by atoms with Crippen LogP contribution < -0.4 is 11.5 Å². The summed E-state index contributed by atoms with van der Waals surface area (Å²) in [6.45, 7) is 0. The zero-order valence-corrected chi connectivity index (χ0v) is 18.4. The molecule has 1 amide bonds. The molecule has 1 saturated carbocycles. The van der Waals surface area contributed by atoms with Crippen LogP contribution in [0, 0.1) is 11.8 Å². The van der Waals surface area contributed by atoms with Crippen molar-refractivity contribution in [1.29, 1.82) is 0 Å². The highest BCUT2D eigenvalue weighted by Gasteiger charge is 2.64. The number of anilines is 1. The highest BCUT2D eigenvalue weighted by Crippen LogP contribution is 2.56. The monoisotopic (exact) mass is 475 g/mol. The number of phenolic OH excluding ortho intramolecular Hbond substituents is 1. The Hall–Kier alpha value is -3.34. The van der Waals surface area contributed by atoms with Gasteiger partial charge in [0.15, 0.2) is 11.4 Å². The van der Waals surface area contributed by atoms with Gasteiger partial charge in [-0.2, -0.15) is 0 Å². The van der Waals surface area contributed by atoms with E-state index in [2.05, 4.69) is 0 Å². The number of Topliss-reactive ketones (excluding diaryl/α,β-unsaturated/α-hetero) is 2. The lowest BCUT2D eigenvalue weighted by Crippen LogP contribution is -2.65. The maximum Gasteiger partial charge on any atom is 0.255 e. The number of benzene rings is 1. The van der Waals surface area contributed by atoms with E-state index < -0.39 is 63.8 Å². The molecule has 0 aliphatic heterocycles. The van der Waals surface area contributed by atoms with Crippen LogP contribution in [-0.2, 0) is 14.4 Å². The first-order valence-electron chi connectivity index (χ1n) is 9.96. The molecule has 1 aromatic carbocycles. The lowest BCUT2D eigenvalue weighted by molar-refractivity contribution is -0.152. The molecule has 174 valence electrons. The smallest absolute Gasteiger partial charge is 0.255 e. The van der Waals surface area contributed by atoms with Gasteiger partial charge in [0, 0.05) is 22.9 Å². The van der Waals surface area contributed by atoms with Gasteiger partial charge in [-0.25, -0.2) is 0 Å². The molecular weight excluding hydrogens is 454 g/mol. The Labute approximate surface area is 193 Å². The zero-order valence-electron chi connectivity index (χ0n) is 17.7. The third-order valence-electron chi connectivity index (χ3n) is 6.77. The molecule has 0 bridgehead atoms. The van der Waals surface area contributed by atoms with Gasteiger partial charge in [0.25, 0.3) is 5.91 Å². The number of allylic oxidation sites excluding steroid dienone is 1. The number of fused-ring (bicyclic) bond motifs is 3. The lowest BCUT2D eigenvalue weighted by atomic mass is 9.56. The number of nitrogens with zero attached hydrogens (tertiary/aromatic N) is 1. The molecule has 0 radical (unpaired) electrons. The summed E-state index contributed by atoms with van der Waals surface area (Å²) in [7, 11) is 3.04. The van der Waals surface area contributed by atoms with E-state index in [0.717, 1.165) is 0 Å². The third-order valence-corrected chi connectivity index (χ3v) is 7.00. The van der Waals surface area contributed by atoms with E-state index in [1.54, 1.807) is 0 Å². The molecule has 33 heavy (non-hydrogen) atoms. The standard InChI is InChI=1S/C22H22ClN3O7/c1-26(2)15-10-5-8-9(6-23)7-3-4-11(24)16(27)12(7)17(28)13(8)19(30)22(10,33)20(31)14(18(15)29)21(25)32/h3-4,6,8,10,15,27-28,31,33H,5,24H2,1-2H3,(H2,25,32)/t8-,10+,15+,22+/m1/s1. The fourth-order valence-electron chi connectivity index (χ4n) is 5.28. The van der Waals surface area contributed by atoms with Crippen LogP contribution in [0.25, 0.3) is 11.3 Å². The fraction of sp³-hybridized carbons (Fsp3) is 0.318. The number of ketones is 2. The first kappa shape index (κ1) is 22.8. The summed E-state index contributed by atoms with van der Waals surface area (Å²) in [5.41, 5.74) is 8.73. The molecule has 8 N–H and O–H groups in total. The number of halogens is 1. The first-order valence-corrected chi connectivity index (χ1v) is 10.4. The topological polar surface area (TPSA) is 187 Å². The molecule has 0 heterocycles. The van der Waals surface area contributed by atoms with Crippen molar-refractivity contribution in [3.05, 3.63) is 45.7 Å². The molecule has 1 aromatic rings. The van der Waals surface area contributed by atoms with Gasteiger partial charge in [-0.3, -0.25) is 19.3 Å². The van der Waals surface area contributed by atoms with E-state index in [1.807, 2.05) is 0 Å². The Kier molecular flexibility index (Phi) is 5.08. The predicted octanol–water partition coefficient (Wildman–Crippen LogP) is 0.583. The predicted molar refractivity (Wildman–Crippen MR) is 119 cm³/mol. The van der Waals surface area contributed by atoms with Gasteiger partial charge in [0.2, 0.25) is 5.78 Å². The number of rotatable bonds is 2. The second kappa shape index (κ2) is 7.34. The Morgan fingerprint density at radius 3 is 2.42 bits per heavy atom. The van der Waals surface area contributed by atoms with E-state index in [0.29, 0.717) is 11.1 Å². The van der Waals surface area contributed by atoms with Crippen LogP contribution in [0.3, 0.4) is 0 Å². The van der Waals surface area contributed by atoms with Gasteiger partial charge in [-0.1, -0.05) is 17.7 Å². The number of aromatic hydroxyl groups is 1. The number of nitrogens with two attached hydrogens (primary N) is 2. The van der Waals surface area contributed by atoms with E-state index in [9.17, 15) is 34.8 Å². The SMILES string of the molecule is CN(C)[C@@H]1C(=O)C(C(N)=O)=C(O)[C@@]2(O)C(=O)C3=C(O)c4c(ccc(N)c4O)C(=CCl)[C@H]3C[C@@H]12. The molecular formula is C22H22ClN3O7. The minimum absolute atomic E-state index is 0.0668. The number of hydrogen-bond acceptors (Lipinski definition) is 9. The minimum atomic E-state index is -2.72. The summed E-state index contributed by atoms with van der Waals surface area (Å²) >= 11 is 6.10. The van der Waals surface area contributed by atoms with Gasteiger partial charge in [0.1, 0.15) is 22.8 Å². The number of hydrogen-bond donors (Lipinski definition) is 6. The van der Waals surface area contributed by atoms with Crippen molar-refractivity contribution >= 4 is 46.1 Å². The van der Waals surface area contributed by atoms with Crippen LogP contribution in [0.15, 0.2) is 34.6 Å². The van der Waals surface area contributed by atoms with Crippen molar-refractivity contribution in [2.75, 3.05) is 19.8 Å². The number of carbonyl (C=O) groups is 3. The van der Waals surface area contributed by atoms with Crippen molar-refractivity contribution in [2.24, 2.45) is 17.6 Å². The largest absolute Gasteiger partial charge is 0.508 e. The Morgan fingerprint density at radius 1 is 1.24 bits per heavy atom. The first-order chi connectivity index (χ1) is 15.4. The maximum absolute atomic E-state index is 13.7. The molecule has 0 spiro atoms. The summed E-state index contributed by atoms with van der Waals surface area (Å²) in [5, 5.41) is 43.8. The summed E-state index contributed by atoms with van der Waals surface area (Å²) < 4.78 is 0. The van der Waals surface area contributed by atoms with E-state index in [4.69, 9.17) is 23.1 Å². The van der Waals surface area contributed by atoms with E-state index in [-0.39, 0.29) is 23.2 Å². The number of aliphatic hydroxyl groups is 3. The normalized spacial score (nSPS) is 30.5. The van der Waals surface area contributed by atoms with Crippen LogP contribution in [0.5, 0.6) is 5.75 Å². The van der Waals surface area contributed by atoms with Crippen LogP contribution >= 0.6 is 11.6 Å². The number of phenols is 1. The maximum atomic E-state index is 13.7. The van der Waals surface area contributed by atoms with Crippen LogP contribution in [0.1, 0.15) is 17.5 Å². The van der Waals surface area contributed by atoms with Crippen molar-refractivity contribution < 1.29 is 34.8 Å². The van der Waals surface area contributed by atoms with E-state index >= 15 is 0 Å². The van der Waals surface area contributed by atoms with Crippen molar-refractivity contribution in [3.8, 4) is 5.75 Å². The number of nitrogen functional groups attached to an aromatic ring is 1. The average molecular weight is 476 g/mol. The Balaban J connectivity index is 2.06. The quantitative estimate of drug-likeness (QED) is 0.202. The van der Waals surface area contributed by atoms with Gasteiger partial charge in [0.05, 0.1) is 17.3 Å². The molecule has 3 aliphatic rings. The van der Waals surface area contributed by atoms with Crippen molar-refractivity contribution in [2.45, 2.75) is 18.1 Å². The van der Waals surface area contributed by atoms with Gasteiger partial charge < -0.3 is 31.9 Å². The summed E-state index contributed by atoms with van der Waals surface area (Å²) in [6, 6.07) is 1.75. The summed E-state index contributed by atoms with van der Waals surface area (Å²) in [5.74, 6) is -7.65. The van der Waals surface area contributed by atoms with E-state index in [1.165, 1.54) is 36.7 Å². The summed E-state index contributed by atoms with van der Waals surface area (Å²) in [4.78, 5) is 40.2. The minimum Gasteiger partial charge on any atom is -0.508 e. The van der Waals surface area contributed by atoms with Crippen molar-refractivity contribution in [3.63, 3.8) is 0 Å². The lowest BCUT2D eigenvalue weighted by Gasteiger charge is -2.50. The van der Waals surface area contributed by atoms with Crippen LogP contribution in [-0.4, -0.2) is 68.5 Å². The fourth-order valence-corrected chi connectivity index (χ4v) is 5.55. The summed E-state index contributed by atoms with van der Waals surface area (Å²) in [6.07, 6.45) is -0.102. The van der Waals surface area contributed by atoms with Gasteiger partial charge in [-0.05, 0) is 37.7 Å². The van der Waals surface area contributed by atoms with Crippen molar-refractivity contribution in [1.82, 2.24) is 4.90 Å². The number of carbonyl (C=O) groups excluding carboxylic acids is 3. The second-order valence-electron chi connectivity index (χ2n) is 8.60. The highest BCUT2D eigenvalue weighted by atomic mass is 35.5. The molecule has 10 nitrogen and oxygen atoms in total. The number of amides is 1. The number of likely N-dealkylation sites (N-methyl/N-ethyl adjacent to an activating group) is 1. The molecule has 0 unspecified atom stereocenters. The number of aliphatic hydroxyl groups excluding tert-OH is 2. The van der Waals surface area contributed by atoms with Crippen LogP contribution in [0.2, 0.25) is 0 Å². The molecule has 0 aromatic heterocycles. The molecule has 3 aliphatic carbocycles. The third kappa shape index (κ3) is 2.78. The molecule has 0 saturated heterocycles. The van der Waals surface area contributed by atoms with Crippen LogP contribution in [0.4, 0.5) is 5.69 Å². The Morgan fingerprint density at radius 2 is 1.88 bits per heavy atom. The second-order valence-corrected chi connectivity index (χ2v) is 8.82. The molecule has 4 rings (SSSR count). The number of primary amides is 1. The zero-order chi connectivity index (χ0) is 24.6. The molecule has 11 heteroatoms. The van der Waals surface area contributed by atoms with Gasteiger partial charge in [-0.15, -0.1) is 0 Å². The highest BCUT2D eigenvalue weighted by molar-refractivity contribution is 6.30.